The first-order valence-corrected chi connectivity index (χ1v) is 7.24. The van der Waals surface area contributed by atoms with Crippen LogP contribution in [0.15, 0.2) is 30.3 Å². The Morgan fingerprint density at radius 3 is 2.54 bits per heavy atom. The summed E-state index contributed by atoms with van der Waals surface area (Å²) in [6.07, 6.45) is 0.00946. The lowest BCUT2D eigenvalue weighted by atomic mass is 10.2. The molecule has 0 aliphatic carbocycles. The highest BCUT2D eigenvalue weighted by molar-refractivity contribution is 5.92. The molecule has 0 aromatic heterocycles. The molecule has 0 atom stereocenters. The van der Waals surface area contributed by atoms with E-state index in [1.54, 1.807) is 12.1 Å². The third kappa shape index (κ3) is 4.18. The van der Waals surface area contributed by atoms with E-state index in [1.807, 2.05) is 13.0 Å². The minimum Gasteiger partial charge on any atom is -0.495 e. The van der Waals surface area contributed by atoms with Crippen LogP contribution in [0, 0.1) is 24.4 Å². The number of ether oxygens (including phenoxy) is 1. The number of hydrogen-bond donors (Lipinski definition) is 2. The largest absolute Gasteiger partial charge is 0.495 e. The molecule has 0 radical (unpaired) electrons. The summed E-state index contributed by atoms with van der Waals surface area (Å²) in [5.74, 6) is -3.92. The lowest BCUT2D eigenvalue weighted by Gasteiger charge is -2.12. The summed E-state index contributed by atoms with van der Waals surface area (Å²) in [4.78, 5) is 12.0. The van der Waals surface area contributed by atoms with Crippen LogP contribution in [0.3, 0.4) is 0 Å². The Bertz CT molecular complexity index is 751. The summed E-state index contributed by atoms with van der Waals surface area (Å²) < 4.78 is 44.6. The van der Waals surface area contributed by atoms with Crippen LogP contribution >= 0.6 is 0 Å². The molecule has 128 valence electrons. The zero-order valence-electron chi connectivity index (χ0n) is 13.3. The van der Waals surface area contributed by atoms with Gasteiger partial charge in [0.15, 0.2) is 17.5 Å². The van der Waals surface area contributed by atoms with Crippen molar-refractivity contribution in [3.63, 3.8) is 0 Å². The Hall–Kier alpha value is -2.70. The van der Waals surface area contributed by atoms with E-state index in [2.05, 4.69) is 10.6 Å². The van der Waals surface area contributed by atoms with Gasteiger partial charge in [-0.3, -0.25) is 4.79 Å². The lowest BCUT2D eigenvalue weighted by molar-refractivity contribution is -0.116. The minimum absolute atomic E-state index is 0.00946. The van der Waals surface area contributed by atoms with Crippen LogP contribution in [0.5, 0.6) is 5.75 Å². The molecule has 0 unspecified atom stereocenters. The summed E-state index contributed by atoms with van der Waals surface area (Å²) in [6.45, 7) is 1.93. The number of nitrogens with one attached hydrogen (secondary N) is 2. The molecule has 2 aromatic rings. The lowest BCUT2D eigenvalue weighted by Crippen LogP contribution is -2.17. The first-order valence-electron chi connectivity index (χ1n) is 7.24. The molecule has 2 aromatic carbocycles. The average Bonchev–Trinajstić information content (AvgIpc) is 2.55. The van der Waals surface area contributed by atoms with Gasteiger partial charge in [0.05, 0.1) is 18.5 Å². The molecule has 0 bridgehead atoms. The molecule has 4 nitrogen and oxygen atoms in total. The summed E-state index contributed by atoms with van der Waals surface area (Å²) >= 11 is 0. The smallest absolute Gasteiger partial charge is 0.226 e. The van der Waals surface area contributed by atoms with Gasteiger partial charge in [0.25, 0.3) is 0 Å². The molecular weight excluding hydrogens is 321 g/mol. The highest BCUT2D eigenvalue weighted by atomic mass is 19.2. The van der Waals surface area contributed by atoms with Gasteiger partial charge < -0.3 is 15.4 Å². The number of methoxy groups -OCH3 is 1. The number of benzene rings is 2. The van der Waals surface area contributed by atoms with Crippen molar-refractivity contribution >= 4 is 17.3 Å². The van der Waals surface area contributed by atoms with Crippen molar-refractivity contribution in [2.24, 2.45) is 0 Å². The van der Waals surface area contributed by atoms with Gasteiger partial charge >= 0.3 is 0 Å². The van der Waals surface area contributed by atoms with E-state index in [1.165, 1.54) is 7.11 Å². The molecular formula is C17H17F3N2O2. The first-order chi connectivity index (χ1) is 11.4. The molecule has 0 fully saturated rings. The summed E-state index contributed by atoms with van der Waals surface area (Å²) in [7, 11) is 1.49. The molecule has 0 saturated heterocycles. The van der Waals surface area contributed by atoms with E-state index in [4.69, 9.17) is 4.74 Å². The predicted molar refractivity (Wildman–Crippen MR) is 85.8 cm³/mol. The van der Waals surface area contributed by atoms with E-state index >= 15 is 0 Å². The Labute approximate surface area is 137 Å². The second kappa shape index (κ2) is 7.72. The molecule has 24 heavy (non-hydrogen) atoms. The fraction of sp³-hybridized carbons (Fsp3) is 0.235. The van der Waals surface area contributed by atoms with Crippen LogP contribution in [0.25, 0.3) is 0 Å². The fourth-order valence-corrected chi connectivity index (χ4v) is 2.11. The molecule has 0 aliphatic rings. The zero-order chi connectivity index (χ0) is 17.7. The van der Waals surface area contributed by atoms with Gasteiger partial charge in [0, 0.05) is 13.0 Å². The summed E-state index contributed by atoms with van der Waals surface area (Å²) in [6, 6.07) is 7.24. The monoisotopic (exact) mass is 338 g/mol. The zero-order valence-corrected chi connectivity index (χ0v) is 13.3. The predicted octanol–water partition coefficient (Wildman–Crippen LogP) is 3.86. The van der Waals surface area contributed by atoms with Gasteiger partial charge in [-0.15, -0.1) is 0 Å². The normalized spacial score (nSPS) is 10.4. The number of carbonyl (C=O) groups excluding carboxylic acids is 1. The summed E-state index contributed by atoms with van der Waals surface area (Å²) in [5.41, 5.74) is 1.28. The van der Waals surface area contributed by atoms with Gasteiger partial charge in [-0.05, 0) is 36.8 Å². The van der Waals surface area contributed by atoms with Crippen molar-refractivity contribution in [1.82, 2.24) is 0 Å². The Balaban J connectivity index is 1.93. The number of carbonyl (C=O) groups is 1. The Morgan fingerprint density at radius 2 is 1.83 bits per heavy atom. The first kappa shape index (κ1) is 17.7. The van der Waals surface area contributed by atoms with Gasteiger partial charge in [-0.25, -0.2) is 13.2 Å². The molecule has 2 N–H and O–H groups in total. The number of halogens is 3. The maximum Gasteiger partial charge on any atom is 0.226 e. The van der Waals surface area contributed by atoms with Crippen LogP contribution in [-0.2, 0) is 4.79 Å². The second-order valence-corrected chi connectivity index (χ2v) is 5.15. The van der Waals surface area contributed by atoms with Crippen molar-refractivity contribution in [3.8, 4) is 5.75 Å². The number of hydrogen-bond acceptors (Lipinski definition) is 3. The van der Waals surface area contributed by atoms with E-state index < -0.39 is 17.5 Å². The topological polar surface area (TPSA) is 50.4 Å². The highest BCUT2D eigenvalue weighted by Crippen LogP contribution is 2.25. The molecule has 0 spiro atoms. The van der Waals surface area contributed by atoms with Crippen molar-refractivity contribution in [1.29, 1.82) is 0 Å². The van der Waals surface area contributed by atoms with Gasteiger partial charge in [-0.1, -0.05) is 6.07 Å². The van der Waals surface area contributed by atoms with E-state index in [0.717, 1.165) is 17.7 Å². The number of aryl methyl sites for hydroxylation is 1. The molecule has 0 saturated carbocycles. The molecule has 7 heteroatoms. The van der Waals surface area contributed by atoms with Crippen molar-refractivity contribution in [2.45, 2.75) is 13.3 Å². The second-order valence-electron chi connectivity index (χ2n) is 5.15. The Kier molecular flexibility index (Phi) is 5.68. The van der Waals surface area contributed by atoms with E-state index in [0.29, 0.717) is 11.4 Å². The van der Waals surface area contributed by atoms with Gasteiger partial charge in [0.2, 0.25) is 5.91 Å². The van der Waals surface area contributed by atoms with E-state index in [9.17, 15) is 18.0 Å². The van der Waals surface area contributed by atoms with Crippen LogP contribution in [0.2, 0.25) is 0 Å². The average molecular weight is 338 g/mol. The Morgan fingerprint density at radius 1 is 1.08 bits per heavy atom. The number of amides is 1. The third-order valence-corrected chi connectivity index (χ3v) is 3.33. The molecule has 2 rings (SSSR count). The quantitative estimate of drug-likeness (QED) is 0.787. The van der Waals surface area contributed by atoms with Crippen LogP contribution in [-0.4, -0.2) is 19.6 Å². The maximum atomic E-state index is 13.5. The van der Waals surface area contributed by atoms with Gasteiger partial charge in [0.1, 0.15) is 5.75 Å². The van der Waals surface area contributed by atoms with Crippen molar-refractivity contribution < 1.29 is 22.7 Å². The van der Waals surface area contributed by atoms with E-state index in [-0.39, 0.29) is 24.6 Å². The molecule has 1 amide bonds. The fourth-order valence-electron chi connectivity index (χ4n) is 2.11. The number of rotatable bonds is 6. The standard InChI is InChI=1S/C17H17F3N2O2/c1-10-3-6-14(24-2)13(9-10)22-15(23)7-8-21-12-5-4-11(18)16(19)17(12)20/h3-6,9,21H,7-8H2,1-2H3,(H,22,23). The van der Waals surface area contributed by atoms with Crippen LogP contribution in [0.4, 0.5) is 24.5 Å². The third-order valence-electron chi connectivity index (χ3n) is 3.33. The maximum absolute atomic E-state index is 13.5. The van der Waals surface area contributed by atoms with Gasteiger partial charge in [-0.2, -0.15) is 0 Å². The SMILES string of the molecule is COc1ccc(C)cc1NC(=O)CCNc1ccc(F)c(F)c1F. The van der Waals surface area contributed by atoms with Crippen molar-refractivity contribution in [3.05, 3.63) is 53.3 Å². The number of anilines is 2. The summed E-state index contributed by atoms with van der Waals surface area (Å²) in [5, 5.41) is 5.26. The van der Waals surface area contributed by atoms with Crippen LogP contribution < -0.4 is 15.4 Å². The van der Waals surface area contributed by atoms with Crippen molar-refractivity contribution in [2.75, 3.05) is 24.3 Å². The van der Waals surface area contributed by atoms with Crippen LogP contribution in [0.1, 0.15) is 12.0 Å². The highest BCUT2D eigenvalue weighted by Gasteiger charge is 2.13. The molecule has 0 aliphatic heterocycles. The minimum atomic E-state index is -1.55. The molecule has 0 heterocycles.